The molecule has 0 amide bonds. The quantitative estimate of drug-likeness (QED) is 0.158. The summed E-state index contributed by atoms with van der Waals surface area (Å²) in [6.45, 7) is 0. The van der Waals surface area contributed by atoms with Crippen LogP contribution in [0.3, 0.4) is 0 Å². The molecule has 0 saturated heterocycles. The summed E-state index contributed by atoms with van der Waals surface area (Å²) < 4.78 is 9.49. The Hall–Kier alpha value is -8.46. The molecule has 66 heavy (non-hydrogen) atoms. The Morgan fingerprint density at radius 3 is 1.56 bits per heavy atom. The average molecular weight is 840 g/mol. The second kappa shape index (κ2) is 14.5. The van der Waals surface area contributed by atoms with Gasteiger partial charge in [0.05, 0.1) is 11.2 Å². The van der Waals surface area contributed by atoms with E-state index in [0.717, 1.165) is 33.9 Å². The Bertz CT molecular complexity index is 4020. The molecule has 0 aliphatic heterocycles. The van der Waals surface area contributed by atoms with Crippen molar-refractivity contribution >= 4 is 82.0 Å². The fourth-order valence-corrected chi connectivity index (χ4v) is 11.6. The predicted molar refractivity (Wildman–Crippen MR) is 279 cm³/mol. The summed E-state index contributed by atoms with van der Waals surface area (Å²) in [6, 6.07) is 79.9. The Morgan fingerprint density at radius 1 is 0.394 bits per heavy atom. The molecular formula is C64H41NO. The van der Waals surface area contributed by atoms with Crippen LogP contribution in [0.1, 0.15) is 22.7 Å². The maximum Gasteiger partial charge on any atom is 0.136 e. The Balaban J connectivity index is 0.990. The van der Waals surface area contributed by atoms with E-state index >= 15 is 0 Å². The van der Waals surface area contributed by atoms with E-state index in [-0.39, 0.29) is 0 Å². The van der Waals surface area contributed by atoms with Crippen LogP contribution in [0.4, 0.5) is 0 Å². The Morgan fingerprint density at radius 2 is 0.924 bits per heavy atom. The molecule has 0 radical (unpaired) electrons. The van der Waals surface area contributed by atoms with Crippen molar-refractivity contribution in [2.24, 2.45) is 0 Å². The molecule has 13 aromatic rings. The van der Waals surface area contributed by atoms with Gasteiger partial charge >= 0.3 is 0 Å². The molecule has 2 heterocycles. The van der Waals surface area contributed by atoms with Crippen LogP contribution in [0.25, 0.3) is 121 Å². The molecule has 0 bridgehead atoms. The number of aromatic nitrogens is 1. The van der Waals surface area contributed by atoms with Gasteiger partial charge in [0.1, 0.15) is 11.2 Å². The highest BCUT2D eigenvalue weighted by molar-refractivity contribution is 6.25. The SMILES string of the molecule is C1=CC(c2ccccc2)Cc2c1n(-c1c3ccccc3c(-c3cccc4oc5cc(-c6c7ccccc7c(-c7ccccc7)c7ccccc67)ccc5c34)c3ccccc13)c1ccccc21. The van der Waals surface area contributed by atoms with Crippen LogP contribution in [0, 0.1) is 0 Å². The van der Waals surface area contributed by atoms with Crippen LogP contribution in [0.2, 0.25) is 0 Å². The second-order valence-electron chi connectivity index (χ2n) is 17.8. The third kappa shape index (κ3) is 5.42. The number of nitrogens with zero attached hydrogens (tertiary/aromatic N) is 1. The molecule has 1 atom stereocenters. The molecule has 14 rings (SSSR count). The van der Waals surface area contributed by atoms with E-state index in [9.17, 15) is 0 Å². The largest absolute Gasteiger partial charge is 0.456 e. The molecule has 2 heteroatoms. The number of allylic oxidation sites excluding steroid dienone is 1. The van der Waals surface area contributed by atoms with E-state index in [1.165, 1.54) is 104 Å². The molecule has 2 aromatic heterocycles. The molecule has 0 spiro atoms. The van der Waals surface area contributed by atoms with Gasteiger partial charge in [0.25, 0.3) is 0 Å². The van der Waals surface area contributed by atoms with Crippen molar-refractivity contribution < 1.29 is 4.42 Å². The molecule has 308 valence electrons. The zero-order valence-corrected chi connectivity index (χ0v) is 36.1. The van der Waals surface area contributed by atoms with E-state index in [1.807, 2.05) is 0 Å². The molecule has 0 N–H and O–H groups in total. The molecule has 2 nitrogen and oxygen atoms in total. The van der Waals surface area contributed by atoms with Gasteiger partial charge in [-0.05, 0) is 114 Å². The van der Waals surface area contributed by atoms with Gasteiger partial charge in [0.2, 0.25) is 0 Å². The Labute approximate surface area is 381 Å². The normalized spacial score (nSPS) is 13.8. The average Bonchev–Trinajstić information content (AvgIpc) is 3.93. The zero-order valence-electron chi connectivity index (χ0n) is 36.1. The lowest BCUT2D eigenvalue weighted by molar-refractivity contribution is 0.669. The van der Waals surface area contributed by atoms with Gasteiger partial charge in [0, 0.05) is 38.5 Å². The highest BCUT2D eigenvalue weighted by Gasteiger charge is 2.27. The number of hydrogen-bond acceptors (Lipinski definition) is 1. The number of rotatable bonds is 5. The second-order valence-corrected chi connectivity index (χ2v) is 17.8. The first-order valence-electron chi connectivity index (χ1n) is 23.0. The maximum atomic E-state index is 6.94. The lowest BCUT2D eigenvalue weighted by atomic mass is 9.85. The summed E-state index contributed by atoms with van der Waals surface area (Å²) >= 11 is 0. The molecule has 11 aromatic carbocycles. The van der Waals surface area contributed by atoms with Crippen molar-refractivity contribution in [3.05, 3.63) is 241 Å². The van der Waals surface area contributed by atoms with E-state index < -0.39 is 0 Å². The highest BCUT2D eigenvalue weighted by Crippen LogP contribution is 2.49. The van der Waals surface area contributed by atoms with Crippen molar-refractivity contribution in [1.82, 2.24) is 4.57 Å². The number of furan rings is 1. The van der Waals surface area contributed by atoms with Gasteiger partial charge < -0.3 is 8.98 Å². The summed E-state index contributed by atoms with van der Waals surface area (Å²) in [4.78, 5) is 0. The van der Waals surface area contributed by atoms with Crippen molar-refractivity contribution in [1.29, 1.82) is 0 Å². The van der Waals surface area contributed by atoms with Crippen LogP contribution < -0.4 is 0 Å². The van der Waals surface area contributed by atoms with Crippen LogP contribution in [-0.4, -0.2) is 4.57 Å². The van der Waals surface area contributed by atoms with Gasteiger partial charge in [-0.3, -0.25) is 0 Å². The van der Waals surface area contributed by atoms with Gasteiger partial charge in [-0.15, -0.1) is 0 Å². The minimum atomic E-state index is 0.328. The highest BCUT2D eigenvalue weighted by atomic mass is 16.3. The topological polar surface area (TPSA) is 18.1 Å². The lowest BCUT2D eigenvalue weighted by Gasteiger charge is -2.22. The minimum absolute atomic E-state index is 0.328. The third-order valence-electron chi connectivity index (χ3n) is 14.3. The Kier molecular flexibility index (Phi) is 8.14. The molecule has 0 saturated carbocycles. The molecule has 1 aliphatic carbocycles. The fraction of sp³-hybridized carbons (Fsp3) is 0.0312. The monoisotopic (exact) mass is 839 g/mol. The summed E-state index contributed by atoms with van der Waals surface area (Å²) in [5, 5.41) is 13.4. The summed E-state index contributed by atoms with van der Waals surface area (Å²) in [6.07, 6.45) is 5.75. The number of hydrogen-bond donors (Lipinski definition) is 0. The van der Waals surface area contributed by atoms with Gasteiger partial charge in [-0.1, -0.05) is 200 Å². The number of benzene rings is 11. The lowest BCUT2D eigenvalue weighted by Crippen LogP contribution is -2.08. The van der Waals surface area contributed by atoms with Crippen LogP contribution in [-0.2, 0) is 6.42 Å². The van der Waals surface area contributed by atoms with Crippen LogP contribution in [0.15, 0.2) is 229 Å². The van der Waals surface area contributed by atoms with Gasteiger partial charge in [0.15, 0.2) is 0 Å². The summed E-state index contributed by atoms with van der Waals surface area (Å²) in [7, 11) is 0. The minimum Gasteiger partial charge on any atom is -0.456 e. The van der Waals surface area contributed by atoms with Crippen molar-refractivity contribution in [2.75, 3.05) is 0 Å². The molecular weight excluding hydrogens is 799 g/mol. The number of para-hydroxylation sites is 1. The fourth-order valence-electron chi connectivity index (χ4n) is 11.6. The summed E-state index contributed by atoms with van der Waals surface area (Å²) in [5.74, 6) is 0.328. The maximum absolute atomic E-state index is 6.94. The van der Waals surface area contributed by atoms with Crippen molar-refractivity contribution in [3.8, 4) is 39.1 Å². The van der Waals surface area contributed by atoms with E-state index in [4.69, 9.17) is 4.42 Å². The van der Waals surface area contributed by atoms with Crippen LogP contribution >= 0.6 is 0 Å². The smallest absolute Gasteiger partial charge is 0.136 e. The molecule has 1 aliphatic rings. The van der Waals surface area contributed by atoms with Crippen LogP contribution in [0.5, 0.6) is 0 Å². The zero-order chi connectivity index (χ0) is 43.3. The molecule has 0 fully saturated rings. The van der Waals surface area contributed by atoms with Gasteiger partial charge in [-0.2, -0.15) is 0 Å². The first-order valence-corrected chi connectivity index (χ1v) is 23.0. The van der Waals surface area contributed by atoms with E-state index in [2.05, 4.69) is 235 Å². The van der Waals surface area contributed by atoms with Crippen molar-refractivity contribution in [3.63, 3.8) is 0 Å². The van der Waals surface area contributed by atoms with E-state index in [0.29, 0.717) is 5.92 Å². The summed E-state index contributed by atoms with van der Waals surface area (Å²) in [5.41, 5.74) is 15.5. The molecule has 1 unspecified atom stereocenters. The number of fused-ring (bicyclic) bond motifs is 10. The van der Waals surface area contributed by atoms with Crippen molar-refractivity contribution in [2.45, 2.75) is 12.3 Å². The van der Waals surface area contributed by atoms with E-state index in [1.54, 1.807) is 0 Å². The third-order valence-corrected chi connectivity index (χ3v) is 14.3. The predicted octanol–water partition coefficient (Wildman–Crippen LogP) is 17.5. The standard InChI is InChI=1S/C64H41NO/c1-3-18-40(19-4-1)42-35-37-57-55(38-42)44-22-15-16-32-56(44)65(57)64-51-29-13-11-27-49(51)62(50-28-12-14-30-52(50)64)54-31-17-33-58-63(54)53-36-34-43(39-59(53)66-58)61-47-25-9-7-23-45(47)60(41-20-5-2-6-21-41)46-24-8-10-26-48(46)61/h1-37,39,42H,38H2. The first kappa shape index (κ1) is 37.0. The first-order chi connectivity index (χ1) is 32.8. The van der Waals surface area contributed by atoms with Gasteiger partial charge in [-0.25, -0.2) is 0 Å².